The van der Waals surface area contributed by atoms with Crippen molar-refractivity contribution in [2.24, 2.45) is 5.73 Å². The number of likely N-dealkylation sites (tertiary alicyclic amines) is 1. The van der Waals surface area contributed by atoms with Crippen molar-refractivity contribution in [3.63, 3.8) is 0 Å². The van der Waals surface area contributed by atoms with Crippen molar-refractivity contribution < 1.29 is 19.1 Å². The summed E-state index contributed by atoms with van der Waals surface area (Å²) in [6.07, 6.45) is 3.10. The van der Waals surface area contributed by atoms with Gasteiger partial charge in [-0.25, -0.2) is 0 Å². The Morgan fingerprint density at radius 1 is 0.889 bits per heavy atom. The Balaban J connectivity index is 1.36. The SMILES string of the molecule is CN(C(=O)CN(CC(N)=O)c1ccc(Cl)c(Cl)c1)[C@@H](CN1CCCC1)c1ccc(-c2cccc(C(=O)N3CCCOC3)c2)cc1. The lowest BCUT2D eigenvalue weighted by Crippen LogP contribution is -2.45. The molecule has 2 N–H and O–H groups in total. The fourth-order valence-electron chi connectivity index (χ4n) is 5.89. The van der Waals surface area contributed by atoms with E-state index < -0.39 is 5.91 Å². The number of carbonyl (C=O) groups is 3. The van der Waals surface area contributed by atoms with Gasteiger partial charge in [0, 0.05) is 31.4 Å². The molecule has 2 fully saturated rings. The van der Waals surface area contributed by atoms with Crippen LogP contribution >= 0.6 is 23.2 Å². The first-order chi connectivity index (χ1) is 21.7. The third kappa shape index (κ3) is 8.35. The molecule has 3 amide bonds. The average molecular weight is 653 g/mol. The number of nitrogens with zero attached hydrogens (tertiary/aromatic N) is 4. The summed E-state index contributed by atoms with van der Waals surface area (Å²) < 4.78 is 5.47. The third-order valence-electron chi connectivity index (χ3n) is 8.42. The summed E-state index contributed by atoms with van der Waals surface area (Å²) in [5, 5.41) is 0.707. The topological polar surface area (TPSA) is 99.4 Å². The first-order valence-electron chi connectivity index (χ1n) is 15.2. The molecule has 0 spiro atoms. The van der Waals surface area contributed by atoms with Crippen LogP contribution in [0.1, 0.15) is 41.2 Å². The van der Waals surface area contributed by atoms with Crippen LogP contribution in [0, 0.1) is 0 Å². The average Bonchev–Trinajstić information content (AvgIpc) is 3.58. The van der Waals surface area contributed by atoms with Gasteiger partial charge in [-0.2, -0.15) is 0 Å². The van der Waals surface area contributed by atoms with Crippen molar-refractivity contribution in [3.8, 4) is 11.1 Å². The van der Waals surface area contributed by atoms with Gasteiger partial charge in [0.05, 0.1) is 35.8 Å². The molecular formula is C34H39Cl2N5O4. The first-order valence-corrected chi connectivity index (χ1v) is 16.0. The zero-order valence-corrected chi connectivity index (χ0v) is 27.0. The molecule has 0 saturated carbocycles. The van der Waals surface area contributed by atoms with E-state index in [1.807, 2.05) is 48.5 Å². The lowest BCUT2D eigenvalue weighted by molar-refractivity contribution is -0.131. The van der Waals surface area contributed by atoms with E-state index in [0.29, 0.717) is 47.7 Å². The molecule has 0 unspecified atom stereocenters. The molecule has 2 saturated heterocycles. The number of benzene rings is 3. The maximum Gasteiger partial charge on any atom is 0.255 e. The maximum atomic E-state index is 13.8. The predicted octanol–water partition coefficient (Wildman–Crippen LogP) is 5.07. The van der Waals surface area contributed by atoms with Gasteiger partial charge in [-0.1, -0.05) is 59.6 Å². The van der Waals surface area contributed by atoms with Gasteiger partial charge in [-0.3, -0.25) is 14.4 Å². The van der Waals surface area contributed by atoms with E-state index in [9.17, 15) is 14.4 Å². The van der Waals surface area contributed by atoms with Crippen LogP contribution in [0.3, 0.4) is 0 Å². The summed E-state index contributed by atoms with van der Waals surface area (Å²) in [5.74, 6) is -0.760. The highest BCUT2D eigenvalue weighted by molar-refractivity contribution is 6.42. The molecule has 1 atom stereocenters. The Hall–Kier alpha value is -3.63. The molecule has 11 heteroatoms. The normalized spacial score (nSPS) is 15.9. The van der Waals surface area contributed by atoms with E-state index in [2.05, 4.69) is 4.90 Å². The second-order valence-electron chi connectivity index (χ2n) is 11.6. The van der Waals surface area contributed by atoms with E-state index in [1.54, 1.807) is 39.9 Å². The number of hydrogen-bond acceptors (Lipinski definition) is 6. The number of hydrogen-bond donors (Lipinski definition) is 1. The molecule has 238 valence electrons. The Bertz CT molecular complexity index is 1510. The van der Waals surface area contributed by atoms with Crippen molar-refractivity contribution in [1.29, 1.82) is 0 Å². The first kappa shape index (κ1) is 32.8. The van der Waals surface area contributed by atoms with Gasteiger partial charge < -0.3 is 30.1 Å². The van der Waals surface area contributed by atoms with E-state index in [1.165, 1.54) is 0 Å². The molecular weight excluding hydrogens is 613 g/mol. The minimum absolute atomic E-state index is 0.0368. The lowest BCUT2D eigenvalue weighted by Gasteiger charge is -2.34. The molecule has 2 heterocycles. The second-order valence-corrected chi connectivity index (χ2v) is 12.4. The molecule has 0 radical (unpaired) electrons. The molecule has 0 bridgehead atoms. The van der Waals surface area contributed by atoms with E-state index in [-0.39, 0.29) is 30.9 Å². The largest absolute Gasteiger partial charge is 0.368 e. The van der Waals surface area contributed by atoms with Gasteiger partial charge in [0.1, 0.15) is 6.73 Å². The summed E-state index contributed by atoms with van der Waals surface area (Å²) >= 11 is 12.3. The number of halogens is 2. The fourth-order valence-corrected chi connectivity index (χ4v) is 6.18. The second kappa shape index (κ2) is 15.1. The molecule has 0 aliphatic carbocycles. The van der Waals surface area contributed by atoms with Crippen LogP contribution in [0.2, 0.25) is 10.0 Å². The van der Waals surface area contributed by atoms with Gasteiger partial charge in [0.2, 0.25) is 11.8 Å². The predicted molar refractivity (Wildman–Crippen MR) is 177 cm³/mol. The number of likely N-dealkylation sites (N-methyl/N-ethyl adjacent to an activating group) is 1. The van der Waals surface area contributed by atoms with Gasteiger partial charge >= 0.3 is 0 Å². The van der Waals surface area contributed by atoms with Gasteiger partial charge in [0.25, 0.3) is 5.91 Å². The molecule has 0 aromatic heterocycles. The van der Waals surface area contributed by atoms with Crippen molar-refractivity contribution in [2.75, 3.05) is 64.6 Å². The number of nitrogens with two attached hydrogens (primary N) is 1. The Labute approximate surface area is 274 Å². The van der Waals surface area contributed by atoms with Crippen LogP contribution in [0.4, 0.5) is 5.69 Å². The summed E-state index contributed by atoms with van der Waals surface area (Å²) in [6, 6.07) is 20.6. The Kier molecular flexibility index (Phi) is 11.0. The quantitative estimate of drug-likeness (QED) is 0.311. The Morgan fingerprint density at radius 3 is 2.31 bits per heavy atom. The van der Waals surface area contributed by atoms with E-state index in [0.717, 1.165) is 49.0 Å². The number of amides is 3. The third-order valence-corrected chi connectivity index (χ3v) is 9.16. The minimum atomic E-state index is -0.559. The number of primary amides is 1. The van der Waals surface area contributed by atoms with Crippen LogP contribution in [0.25, 0.3) is 11.1 Å². The number of ether oxygens (including phenoxy) is 1. The number of rotatable bonds is 11. The molecule has 3 aromatic rings. The van der Waals surface area contributed by atoms with Gasteiger partial charge in [-0.05, 0) is 79.4 Å². The van der Waals surface area contributed by atoms with Crippen LogP contribution in [-0.2, 0) is 14.3 Å². The summed E-state index contributed by atoms with van der Waals surface area (Å²) in [6.45, 7) is 4.13. The summed E-state index contributed by atoms with van der Waals surface area (Å²) in [7, 11) is 1.80. The highest BCUT2D eigenvalue weighted by Crippen LogP contribution is 2.30. The van der Waals surface area contributed by atoms with Gasteiger partial charge in [-0.15, -0.1) is 0 Å². The van der Waals surface area contributed by atoms with Crippen molar-refractivity contribution in [3.05, 3.63) is 87.9 Å². The monoisotopic (exact) mass is 651 g/mol. The molecule has 5 rings (SSSR count). The number of carbonyl (C=O) groups excluding carboxylic acids is 3. The van der Waals surface area contributed by atoms with Crippen LogP contribution in [0.15, 0.2) is 66.7 Å². The molecule has 45 heavy (non-hydrogen) atoms. The molecule has 2 aliphatic rings. The number of anilines is 1. The maximum absolute atomic E-state index is 13.8. The standard InChI is InChI=1S/C34H39Cl2N5O4/c1-38(33(43)22-41(21-32(37)42)28-12-13-29(35)30(36)19-28)31(20-39-14-2-3-15-39)25-10-8-24(9-11-25)26-6-4-7-27(18-26)34(44)40-16-5-17-45-23-40/h4,6-13,18-19,31H,2-3,5,14-17,20-23H2,1H3,(H2,37,42)/t31-/m0/s1. The fraction of sp³-hybridized carbons (Fsp3) is 0.382. The van der Waals surface area contributed by atoms with Crippen LogP contribution in [-0.4, -0.2) is 92.1 Å². The highest BCUT2D eigenvalue weighted by atomic mass is 35.5. The van der Waals surface area contributed by atoms with Crippen LogP contribution < -0.4 is 10.6 Å². The minimum Gasteiger partial charge on any atom is -0.368 e. The lowest BCUT2D eigenvalue weighted by atomic mass is 9.98. The summed E-state index contributed by atoms with van der Waals surface area (Å²) in [4.78, 5) is 46.2. The highest BCUT2D eigenvalue weighted by Gasteiger charge is 2.28. The van der Waals surface area contributed by atoms with Gasteiger partial charge in [0.15, 0.2) is 0 Å². The van der Waals surface area contributed by atoms with E-state index in [4.69, 9.17) is 33.7 Å². The molecule has 2 aliphatic heterocycles. The molecule has 9 nitrogen and oxygen atoms in total. The smallest absolute Gasteiger partial charge is 0.255 e. The van der Waals surface area contributed by atoms with Crippen molar-refractivity contribution in [1.82, 2.24) is 14.7 Å². The molecule has 3 aromatic carbocycles. The summed E-state index contributed by atoms with van der Waals surface area (Å²) in [5.41, 5.74) is 9.66. The van der Waals surface area contributed by atoms with E-state index >= 15 is 0 Å². The van der Waals surface area contributed by atoms with Crippen LogP contribution in [0.5, 0.6) is 0 Å². The zero-order chi connectivity index (χ0) is 31.9. The van der Waals surface area contributed by atoms with Crippen molar-refractivity contribution in [2.45, 2.75) is 25.3 Å². The van der Waals surface area contributed by atoms with Crippen molar-refractivity contribution >= 4 is 46.6 Å². The Morgan fingerprint density at radius 2 is 1.64 bits per heavy atom. The zero-order valence-electron chi connectivity index (χ0n) is 25.5.